The highest BCUT2D eigenvalue weighted by Crippen LogP contribution is 2.12. The summed E-state index contributed by atoms with van der Waals surface area (Å²) >= 11 is 0. The third-order valence-corrected chi connectivity index (χ3v) is 10.3. The lowest BCUT2D eigenvalue weighted by Crippen LogP contribution is -2.30. The van der Waals surface area contributed by atoms with E-state index >= 15 is 0 Å². The van der Waals surface area contributed by atoms with Crippen molar-refractivity contribution in [3.63, 3.8) is 0 Å². The molecule has 1 unspecified atom stereocenters. The molecule has 0 aromatic rings. The highest BCUT2D eigenvalue weighted by molar-refractivity contribution is 5.71. The van der Waals surface area contributed by atoms with E-state index in [9.17, 15) is 14.4 Å². The van der Waals surface area contributed by atoms with E-state index in [1.807, 2.05) is 0 Å². The van der Waals surface area contributed by atoms with Gasteiger partial charge < -0.3 is 14.2 Å². The molecule has 0 saturated carbocycles. The third kappa shape index (κ3) is 49.0. The molecule has 0 spiro atoms. The van der Waals surface area contributed by atoms with Gasteiger partial charge in [-0.25, -0.2) is 0 Å². The average Bonchev–Trinajstić information content (AvgIpc) is 3.28. The van der Waals surface area contributed by atoms with Crippen LogP contribution in [0.15, 0.2) is 109 Å². The van der Waals surface area contributed by atoms with Crippen molar-refractivity contribution in [1.82, 2.24) is 0 Å². The van der Waals surface area contributed by atoms with Crippen LogP contribution in [0.1, 0.15) is 213 Å². The second-order valence-electron chi connectivity index (χ2n) is 16.4. The van der Waals surface area contributed by atoms with Gasteiger partial charge in [-0.15, -0.1) is 0 Å². The van der Waals surface area contributed by atoms with Crippen LogP contribution in [-0.4, -0.2) is 37.2 Å². The molecular formula is C57H92O6. The molecule has 0 bridgehead atoms. The summed E-state index contributed by atoms with van der Waals surface area (Å²) in [6.45, 7) is 6.37. The normalized spacial score (nSPS) is 13.0. The number of hydrogen-bond acceptors (Lipinski definition) is 6. The molecule has 63 heavy (non-hydrogen) atoms. The van der Waals surface area contributed by atoms with Crippen LogP contribution in [0.5, 0.6) is 0 Å². The monoisotopic (exact) mass is 873 g/mol. The molecule has 0 aliphatic heterocycles. The molecule has 0 radical (unpaired) electrons. The van der Waals surface area contributed by atoms with Gasteiger partial charge in [-0.1, -0.05) is 201 Å². The summed E-state index contributed by atoms with van der Waals surface area (Å²) in [5.41, 5.74) is 0. The Balaban J connectivity index is 4.51. The van der Waals surface area contributed by atoms with Crippen LogP contribution in [-0.2, 0) is 28.6 Å². The zero-order chi connectivity index (χ0) is 45.8. The van der Waals surface area contributed by atoms with E-state index in [-0.39, 0.29) is 37.5 Å². The Labute approximate surface area is 387 Å². The molecule has 0 aromatic heterocycles. The van der Waals surface area contributed by atoms with Crippen molar-refractivity contribution in [2.45, 2.75) is 219 Å². The van der Waals surface area contributed by atoms with Gasteiger partial charge in [0.1, 0.15) is 13.2 Å². The number of carbonyl (C=O) groups excluding carboxylic acids is 3. The number of rotatable bonds is 44. The summed E-state index contributed by atoms with van der Waals surface area (Å²) in [6, 6.07) is 0. The summed E-state index contributed by atoms with van der Waals surface area (Å²) in [5.74, 6) is -0.998. The number of allylic oxidation sites excluding steroid dienone is 18. The Morgan fingerprint density at radius 3 is 1.17 bits per heavy atom. The molecule has 0 aliphatic rings. The topological polar surface area (TPSA) is 78.9 Å². The molecule has 356 valence electrons. The van der Waals surface area contributed by atoms with Gasteiger partial charge in [0, 0.05) is 19.3 Å². The van der Waals surface area contributed by atoms with E-state index in [0.29, 0.717) is 19.3 Å². The first-order chi connectivity index (χ1) is 31.0. The minimum Gasteiger partial charge on any atom is -0.462 e. The van der Waals surface area contributed by atoms with Crippen molar-refractivity contribution in [3.05, 3.63) is 109 Å². The maximum absolute atomic E-state index is 12.8. The predicted octanol–water partition coefficient (Wildman–Crippen LogP) is 16.8. The standard InChI is InChI=1S/C57H92O6/c1-4-7-10-13-16-19-22-24-26-28-29-31-32-35-38-41-44-47-50-56(59)62-53-54(52-61-55(58)49-46-43-40-37-34-21-18-15-12-9-6-3)63-57(60)51-48-45-42-39-36-33-30-27-25-23-20-17-14-11-8-5-2/h8,11,15,17-18,20-22,24-29,31,33-34,36,54H,4-7,9-10,12-14,16,19,23,30,32,35,37-53H2,1-3H3/b11-8-,18-15-,20-17-,24-22-,27-25-,28-26-,31-29-,34-21-,36-33-. The SMILES string of the molecule is CC/C=C\C/C=C\C/C=C\C/C=C\CCCCCC(=O)OC(COC(=O)CCCCC/C=C\C=C/CCCC)COC(=O)CCCCCCC\C=C/C=C\C=C/CCCCCCC. The van der Waals surface area contributed by atoms with Crippen LogP contribution in [0.3, 0.4) is 0 Å². The fraction of sp³-hybridized carbons (Fsp3) is 0.632. The maximum atomic E-state index is 12.8. The molecule has 0 aromatic carbocycles. The molecule has 1 atom stereocenters. The quantitative estimate of drug-likeness (QED) is 0.0199. The Morgan fingerprint density at radius 1 is 0.349 bits per heavy atom. The van der Waals surface area contributed by atoms with Gasteiger partial charge in [0.05, 0.1) is 0 Å². The predicted molar refractivity (Wildman–Crippen MR) is 270 cm³/mol. The lowest BCUT2D eigenvalue weighted by atomic mass is 10.1. The van der Waals surface area contributed by atoms with Crippen LogP contribution >= 0.6 is 0 Å². The first-order valence-electron chi connectivity index (χ1n) is 25.4. The zero-order valence-electron chi connectivity index (χ0n) is 40.5. The molecule has 0 rings (SSSR count). The third-order valence-electron chi connectivity index (χ3n) is 10.3. The lowest BCUT2D eigenvalue weighted by Gasteiger charge is -2.18. The maximum Gasteiger partial charge on any atom is 0.306 e. The number of hydrogen-bond donors (Lipinski definition) is 0. The molecular weight excluding hydrogens is 781 g/mol. The molecule has 6 heteroatoms. The number of unbranched alkanes of at least 4 members (excludes halogenated alkanes) is 18. The highest BCUT2D eigenvalue weighted by atomic mass is 16.6. The molecule has 0 N–H and O–H groups in total. The molecule has 6 nitrogen and oxygen atoms in total. The van der Waals surface area contributed by atoms with E-state index in [2.05, 4.69) is 130 Å². The molecule has 0 heterocycles. The first-order valence-corrected chi connectivity index (χ1v) is 25.4. The number of ether oxygens (including phenoxy) is 3. The molecule has 0 fully saturated rings. The van der Waals surface area contributed by atoms with Crippen molar-refractivity contribution in [2.75, 3.05) is 13.2 Å². The van der Waals surface area contributed by atoms with Crippen LogP contribution in [0.4, 0.5) is 0 Å². The number of esters is 3. The van der Waals surface area contributed by atoms with Crippen LogP contribution in [0.2, 0.25) is 0 Å². The lowest BCUT2D eigenvalue weighted by molar-refractivity contribution is -0.167. The van der Waals surface area contributed by atoms with Crippen LogP contribution < -0.4 is 0 Å². The second-order valence-corrected chi connectivity index (χ2v) is 16.4. The summed E-state index contributed by atoms with van der Waals surface area (Å²) in [4.78, 5) is 37.9. The van der Waals surface area contributed by atoms with Crippen molar-refractivity contribution < 1.29 is 28.6 Å². The summed E-state index contributed by atoms with van der Waals surface area (Å²) in [5, 5.41) is 0. The fourth-order valence-electron chi connectivity index (χ4n) is 6.47. The summed E-state index contributed by atoms with van der Waals surface area (Å²) in [7, 11) is 0. The van der Waals surface area contributed by atoms with Gasteiger partial charge in [0.2, 0.25) is 0 Å². The van der Waals surface area contributed by atoms with Crippen molar-refractivity contribution in [3.8, 4) is 0 Å². The highest BCUT2D eigenvalue weighted by Gasteiger charge is 2.19. The second kappa shape index (κ2) is 50.7. The fourth-order valence-corrected chi connectivity index (χ4v) is 6.47. The summed E-state index contributed by atoms with van der Waals surface area (Å²) in [6.07, 6.45) is 67.8. The zero-order valence-corrected chi connectivity index (χ0v) is 40.5. The Bertz CT molecular complexity index is 1330. The van der Waals surface area contributed by atoms with Gasteiger partial charge >= 0.3 is 17.9 Å². The Kier molecular flexibility index (Phi) is 47.5. The van der Waals surface area contributed by atoms with Gasteiger partial charge in [0.25, 0.3) is 0 Å². The Morgan fingerprint density at radius 2 is 0.698 bits per heavy atom. The minimum atomic E-state index is -0.815. The average molecular weight is 873 g/mol. The van der Waals surface area contributed by atoms with E-state index in [1.165, 1.54) is 44.9 Å². The van der Waals surface area contributed by atoms with E-state index < -0.39 is 6.10 Å². The van der Waals surface area contributed by atoms with Crippen molar-refractivity contribution in [2.24, 2.45) is 0 Å². The number of carbonyl (C=O) groups is 3. The van der Waals surface area contributed by atoms with Crippen molar-refractivity contribution >= 4 is 17.9 Å². The van der Waals surface area contributed by atoms with Crippen LogP contribution in [0, 0.1) is 0 Å². The molecule has 0 amide bonds. The van der Waals surface area contributed by atoms with E-state index in [0.717, 1.165) is 122 Å². The van der Waals surface area contributed by atoms with Gasteiger partial charge in [-0.2, -0.15) is 0 Å². The summed E-state index contributed by atoms with van der Waals surface area (Å²) < 4.78 is 16.7. The first kappa shape index (κ1) is 59.1. The van der Waals surface area contributed by atoms with Gasteiger partial charge in [-0.3, -0.25) is 14.4 Å². The van der Waals surface area contributed by atoms with Crippen LogP contribution in [0.25, 0.3) is 0 Å². The minimum absolute atomic E-state index is 0.113. The molecule has 0 saturated heterocycles. The van der Waals surface area contributed by atoms with E-state index in [1.54, 1.807) is 0 Å². The van der Waals surface area contributed by atoms with Crippen molar-refractivity contribution in [1.29, 1.82) is 0 Å². The van der Waals surface area contributed by atoms with E-state index in [4.69, 9.17) is 14.2 Å². The smallest absolute Gasteiger partial charge is 0.306 e. The van der Waals surface area contributed by atoms with Gasteiger partial charge in [-0.05, 0) is 103 Å². The van der Waals surface area contributed by atoms with Gasteiger partial charge in [0.15, 0.2) is 6.10 Å². The Hall–Kier alpha value is -3.93. The molecule has 0 aliphatic carbocycles. The largest absolute Gasteiger partial charge is 0.462 e.